The van der Waals surface area contributed by atoms with E-state index in [0.29, 0.717) is 10.2 Å². The van der Waals surface area contributed by atoms with Gasteiger partial charge in [0.05, 0.1) is 0 Å². The van der Waals surface area contributed by atoms with Crippen LogP contribution in [0.25, 0.3) is 0 Å². The molecular formula is C10H9Cl2N5S. The van der Waals surface area contributed by atoms with Crippen LogP contribution in [0.15, 0.2) is 10.2 Å². The molecule has 0 saturated carbocycles. The molecule has 0 aliphatic heterocycles. The minimum Gasteiger partial charge on any atom is -0.227 e. The summed E-state index contributed by atoms with van der Waals surface area (Å²) < 4.78 is 0. The van der Waals surface area contributed by atoms with Crippen LogP contribution in [0.1, 0.15) is 17.0 Å². The van der Waals surface area contributed by atoms with Crippen LogP contribution in [-0.2, 0) is 0 Å². The molecule has 0 fully saturated rings. The minimum atomic E-state index is 0.0439. The molecule has 2 aromatic rings. The topological polar surface area (TPSA) is 64.5 Å². The fraction of sp³-hybridized carbons (Fsp3) is 0.300. The maximum atomic E-state index is 5.89. The highest BCUT2D eigenvalue weighted by Crippen LogP contribution is 2.29. The standard InChI is InChI=1S/C10H9Cl2N5S/c1-4-5(2)13-10(14-6(4)3)18-8-7(11)16-17-9(12)15-8/h1-3H3. The molecule has 2 rings (SSSR count). The third-order valence-electron chi connectivity index (χ3n) is 2.39. The summed E-state index contributed by atoms with van der Waals surface area (Å²) in [7, 11) is 0. The summed E-state index contributed by atoms with van der Waals surface area (Å²) in [4.78, 5) is 12.7. The first-order valence-electron chi connectivity index (χ1n) is 5.03. The summed E-state index contributed by atoms with van der Waals surface area (Å²) in [5.41, 5.74) is 2.92. The van der Waals surface area contributed by atoms with Crippen molar-refractivity contribution in [3.8, 4) is 0 Å². The third-order valence-corrected chi connectivity index (χ3v) is 3.76. The van der Waals surface area contributed by atoms with Crippen LogP contribution in [0.5, 0.6) is 0 Å². The van der Waals surface area contributed by atoms with Crippen molar-refractivity contribution in [1.29, 1.82) is 0 Å². The average molecular weight is 302 g/mol. The maximum absolute atomic E-state index is 5.89. The van der Waals surface area contributed by atoms with E-state index in [1.807, 2.05) is 20.8 Å². The van der Waals surface area contributed by atoms with Crippen molar-refractivity contribution < 1.29 is 0 Å². The lowest BCUT2D eigenvalue weighted by Crippen LogP contribution is -1.99. The molecule has 0 unspecified atom stereocenters. The Morgan fingerprint density at radius 2 is 1.50 bits per heavy atom. The molecule has 8 heteroatoms. The molecule has 0 aliphatic carbocycles. The molecule has 0 radical (unpaired) electrons. The van der Waals surface area contributed by atoms with Gasteiger partial charge < -0.3 is 0 Å². The zero-order valence-corrected chi connectivity index (χ0v) is 12.2. The molecular weight excluding hydrogens is 293 g/mol. The van der Waals surface area contributed by atoms with Crippen LogP contribution in [0, 0.1) is 20.8 Å². The molecule has 2 heterocycles. The van der Waals surface area contributed by atoms with Crippen LogP contribution in [0.2, 0.25) is 10.4 Å². The van der Waals surface area contributed by atoms with Gasteiger partial charge in [-0.25, -0.2) is 15.0 Å². The molecule has 0 aliphatic rings. The van der Waals surface area contributed by atoms with E-state index in [-0.39, 0.29) is 10.4 Å². The van der Waals surface area contributed by atoms with Crippen molar-refractivity contribution in [3.63, 3.8) is 0 Å². The fourth-order valence-corrected chi connectivity index (χ4v) is 2.38. The van der Waals surface area contributed by atoms with Gasteiger partial charge in [-0.15, -0.1) is 10.2 Å². The number of hydrogen-bond acceptors (Lipinski definition) is 6. The van der Waals surface area contributed by atoms with Crippen molar-refractivity contribution in [3.05, 3.63) is 27.4 Å². The zero-order valence-electron chi connectivity index (χ0n) is 9.90. The Bertz CT molecular complexity index is 582. The summed E-state index contributed by atoms with van der Waals surface area (Å²) in [5.74, 6) is 0. The lowest BCUT2D eigenvalue weighted by atomic mass is 10.2. The van der Waals surface area contributed by atoms with Crippen LogP contribution in [0.3, 0.4) is 0 Å². The van der Waals surface area contributed by atoms with Gasteiger partial charge in [0.2, 0.25) is 5.28 Å². The van der Waals surface area contributed by atoms with Crippen molar-refractivity contribution in [2.45, 2.75) is 31.0 Å². The first-order chi connectivity index (χ1) is 8.47. The van der Waals surface area contributed by atoms with E-state index in [4.69, 9.17) is 23.2 Å². The second kappa shape index (κ2) is 5.34. The smallest absolute Gasteiger partial charge is 0.227 e. The predicted octanol–water partition coefficient (Wildman–Crippen LogP) is 3.04. The van der Waals surface area contributed by atoms with E-state index < -0.39 is 0 Å². The predicted molar refractivity (Wildman–Crippen MR) is 70.2 cm³/mol. The summed E-state index contributed by atoms with van der Waals surface area (Å²) in [5, 5.41) is 8.47. The molecule has 0 amide bonds. The van der Waals surface area contributed by atoms with E-state index in [1.165, 1.54) is 11.8 Å². The monoisotopic (exact) mass is 301 g/mol. The number of rotatable bonds is 2. The largest absolute Gasteiger partial charge is 0.244 e. The van der Waals surface area contributed by atoms with Crippen LogP contribution in [-0.4, -0.2) is 25.1 Å². The average Bonchev–Trinajstić information content (AvgIpc) is 2.31. The van der Waals surface area contributed by atoms with Gasteiger partial charge in [-0.1, -0.05) is 11.6 Å². The Balaban J connectivity index is 2.37. The van der Waals surface area contributed by atoms with E-state index in [0.717, 1.165) is 17.0 Å². The van der Waals surface area contributed by atoms with Crippen molar-refractivity contribution in [2.75, 3.05) is 0 Å². The van der Waals surface area contributed by atoms with Gasteiger partial charge in [-0.05, 0) is 49.7 Å². The number of aromatic nitrogens is 5. The van der Waals surface area contributed by atoms with E-state index >= 15 is 0 Å². The molecule has 0 bridgehead atoms. The molecule has 0 atom stereocenters. The lowest BCUT2D eigenvalue weighted by molar-refractivity contribution is 0.866. The van der Waals surface area contributed by atoms with Crippen LogP contribution >= 0.6 is 35.0 Å². The number of aryl methyl sites for hydroxylation is 2. The van der Waals surface area contributed by atoms with Gasteiger partial charge >= 0.3 is 0 Å². The highest BCUT2D eigenvalue weighted by molar-refractivity contribution is 7.99. The fourth-order valence-electron chi connectivity index (χ4n) is 1.22. The summed E-state index contributed by atoms with van der Waals surface area (Å²) in [6, 6.07) is 0. The van der Waals surface area contributed by atoms with Gasteiger partial charge in [-0.3, -0.25) is 0 Å². The van der Waals surface area contributed by atoms with Crippen molar-refractivity contribution >= 4 is 35.0 Å². The van der Waals surface area contributed by atoms with Crippen LogP contribution < -0.4 is 0 Å². The Hall–Kier alpha value is -0.980. The third kappa shape index (κ3) is 2.88. The second-order valence-electron chi connectivity index (χ2n) is 3.58. The normalized spacial score (nSPS) is 10.7. The van der Waals surface area contributed by atoms with Gasteiger partial charge in [0.25, 0.3) is 0 Å². The first-order valence-corrected chi connectivity index (χ1v) is 6.60. The van der Waals surface area contributed by atoms with E-state index in [1.54, 1.807) is 0 Å². The summed E-state index contributed by atoms with van der Waals surface area (Å²) >= 11 is 12.8. The highest BCUT2D eigenvalue weighted by Gasteiger charge is 2.12. The molecule has 0 spiro atoms. The molecule has 18 heavy (non-hydrogen) atoms. The lowest BCUT2D eigenvalue weighted by Gasteiger charge is -2.06. The van der Waals surface area contributed by atoms with Gasteiger partial charge in [-0.2, -0.15) is 0 Å². The Kier molecular flexibility index (Phi) is 3.99. The highest BCUT2D eigenvalue weighted by atomic mass is 35.5. The first kappa shape index (κ1) is 13.5. The number of halogens is 2. The molecule has 0 N–H and O–H groups in total. The minimum absolute atomic E-state index is 0.0439. The molecule has 94 valence electrons. The van der Waals surface area contributed by atoms with Gasteiger partial charge in [0.1, 0.15) is 5.03 Å². The Labute approximate surface area is 118 Å². The van der Waals surface area contributed by atoms with Crippen molar-refractivity contribution in [2.24, 2.45) is 0 Å². The molecule has 0 saturated heterocycles. The van der Waals surface area contributed by atoms with E-state index in [9.17, 15) is 0 Å². The number of nitrogens with zero attached hydrogens (tertiary/aromatic N) is 5. The quantitative estimate of drug-likeness (QED) is 0.794. The Morgan fingerprint density at radius 1 is 0.889 bits per heavy atom. The van der Waals surface area contributed by atoms with Crippen molar-refractivity contribution in [1.82, 2.24) is 25.1 Å². The summed E-state index contributed by atoms with van der Waals surface area (Å²) in [6.45, 7) is 5.84. The Morgan fingerprint density at radius 3 is 2.11 bits per heavy atom. The molecule has 2 aromatic heterocycles. The zero-order chi connectivity index (χ0) is 13.3. The summed E-state index contributed by atoms with van der Waals surface area (Å²) in [6.07, 6.45) is 0. The SMILES string of the molecule is Cc1nc(Sc2nc(Cl)nnc2Cl)nc(C)c1C. The van der Waals surface area contributed by atoms with Gasteiger partial charge in [0, 0.05) is 11.4 Å². The second-order valence-corrected chi connectivity index (χ2v) is 5.23. The van der Waals surface area contributed by atoms with E-state index in [2.05, 4.69) is 25.1 Å². The number of hydrogen-bond donors (Lipinski definition) is 0. The molecule has 0 aromatic carbocycles. The van der Waals surface area contributed by atoms with Gasteiger partial charge in [0.15, 0.2) is 10.3 Å². The van der Waals surface area contributed by atoms with Crippen LogP contribution in [0.4, 0.5) is 0 Å². The molecule has 5 nitrogen and oxygen atoms in total. The maximum Gasteiger partial charge on any atom is 0.244 e.